The van der Waals surface area contributed by atoms with E-state index in [0.717, 1.165) is 0 Å². The van der Waals surface area contributed by atoms with Crippen molar-refractivity contribution >= 4 is 5.97 Å². The summed E-state index contributed by atoms with van der Waals surface area (Å²) in [7, 11) is 0. The quantitative estimate of drug-likeness (QED) is 0.730. The second kappa shape index (κ2) is 4.57. The monoisotopic (exact) mass is 217 g/mol. The van der Waals surface area contributed by atoms with E-state index in [9.17, 15) is 4.79 Å². The Bertz CT molecular complexity index is 480. The number of pyridine rings is 1. The third kappa shape index (κ3) is 2.08. The molecular formula is C11H11N3O2. The largest absolute Gasteiger partial charge is 0.462 e. The predicted molar refractivity (Wildman–Crippen MR) is 57.3 cm³/mol. The summed E-state index contributed by atoms with van der Waals surface area (Å²) in [5.41, 5.74) is 0.474. The van der Waals surface area contributed by atoms with Gasteiger partial charge in [0.1, 0.15) is 0 Å². The number of nitrogens with zero attached hydrogens (tertiary/aromatic N) is 3. The van der Waals surface area contributed by atoms with Gasteiger partial charge in [-0.2, -0.15) is 5.10 Å². The Balaban J connectivity index is 2.30. The van der Waals surface area contributed by atoms with Crippen LogP contribution in [0.15, 0.2) is 36.8 Å². The Morgan fingerprint density at radius 2 is 2.38 bits per heavy atom. The van der Waals surface area contributed by atoms with E-state index in [1.165, 1.54) is 0 Å². The molecule has 0 amide bonds. The van der Waals surface area contributed by atoms with Crippen LogP contribution in [0.25, 0.3) is 5.82 Å². The number of rotatable bonds is 3. The first-order valence-corrected chi connectivity index (χ1v) is 4.94. The molecule has 16 heavy (non-hydrogen) atoms. The summed E-state index contributed by atoms with van der Waals surface area (Å²) < 4.78 is 6.49. The molecule has 82 valence electrons. The molecule has 0 spiro atoms. The lowest BCUT2D eigenvalue weighted by atomic mass is 10.2. The third-order valence-corrected chi connectivity index (χ3v) is 2.00. The fourth-order valence-corrected chi connectivity index (χ4v) is 1.29. The zero-order valence-electron chi connectivity index (χ0n) is 8.83. The van der Waals surface area contributed by atoms with E-state index in [0.29, 0.717) is 18.0 Å². The van der Waals surface area contributed by atoms with Crippen molar-refractivity contribution in [1.29, 1.82) is 0 Å². The predicted octanol–water partition coefficient (Wildman–Crippen LogP) is 1.44. The van der Waals surface area contributed by atoms with Gasteiger partial charge in [-0.3, -0.25) is 0 Å². The summed E-state index contributed by atoms with van der Waals surface area (Å²) in [5, 5.41) is 4.03. The molecule has 0 saturated carbocycles. The van der Waals surface area contributed by atoms with Crippen molar-refractivity contribution in [2.45, 2.75) is 6.92 Å². The first kappa shape index (κ1) is 10.4. The lowest BCUT2D eigenvalue weighted by Gasteiger charge is -2.03. The Morgan fingerprint density at radius 1 is 1.50 bits per heavy atom. The van der Waals surface area contributed by atoms with E-state index in [1.807, 2.05) is 0 Å². The van der Waals surface area contributed by atoms with Crippen molar-refractivity contribution < 1.29 is 9.53 Å². The van der Waals surface area contributed by atoms with Crippen LogP contribution in [-0.2, 0) is 4.74 Å². The number of hydrogen-bond acceptors (Lipinski definition) is 4. The van der Waals surface area contributed by atoms with Gasteiger partial charge in [0.25, 0.3) is 0 Å². The van der Waals surface area contributed by atoms with E-state index < -0.39 is 0 Å². The standard InChI is InChI=1S/C11H11N3O2/c1-2-16-11(15)9-4-6-12-10(8-9)14-7-3-5-13-14/h3-8H,2H2,1H3. The molecule has 0 aliphatic rings. The molecule has 2 heterocycles. The van der Waals surface area contributed by atoms with Gasteiger partial charge < -0.3 is 4.74 Å². The molecule has 0 atom stereocenters. The van der Waals surface area contributed by atoms with Crippen molar-refractivity contribution in [3.8, 4) is 5.82 Å². The first-order chi connectivity index (χ1) is 7.81. The highest BCUT2D eigenvalue weighted by molar-refractivity contribution is 5.89. The molecule has 0 bridgehead atoms. The number of ether oxygens (including phenoxy) is 1. The zero-order chi connectivity index (χ0) is 11.4. The average Bonchev–Trinajstić information content (AvgIpc) is 2.83. The molecule has 2 aromatic rings. The molecule has 5 heteroatoms. The van der Waals surface area contributed by atoms with Gasteiger partial charge in [0.2, 0.25) is 0 Å². The van der Waals surface area contributed by atoms with Crippen molar-refractivity contribution in [2.24, 2.45) is 0 Å². The van der Waals surface area contributed by atoms with E-state index in [4.69, 9.17) is 4.74 Å². The molecule has 0 saturated heterocycles. The highest BCUT2D eigenvalue weighted by Crippen LogP contribution is 2.07. The number of hydrogen-bond donors (Lipinski definition) is 0. The smallest absolute Gasteiger partial charge is 0.338 e. The molecule has 0 radical (unpaired) electrons. The van der Waals surface area contributed by atoms with E-state index >= 15 is 0 Å². The maximum absolute atomic E-state index is 11.5. The molecule has 0 aliphatic carbocycles. The lowest BCUT2D eigenvalue weighted by Crippen LogP contribution is -2.06. The topological polar surface area (TPSA) is 57.0 Å². The first-order valence-electron chi connectivity index (χ1n) is 4.94. The van der Waals surface area contributed by atoms with Gasteiger partial charge in [0.15, 0.2) is 5.82 Å². The van der Waals surface area contributed by atoms with Gasteiger partial charge in [-0.15, -0.1) is 0 Å². The van der Waals surface area contributed by atoms with Crippen LogP contribution in [0.3, 0.4) is 0 Å². The van der Waals surface area contributed by atoms with E-state index in [-0.39, 0.29) is 5.97 Å². The summed E-state index contributed by atoms with van der Waals surface area (Å²) in [6.07, 6.45) is 4.97. The summed E-state index contributed by atoms with van der Waals surface area (Å²) in [5.74, 6) is 0.244. The molecular weight excluding hydrogens is 206 g/mol. The average molecular weight is 217 g/mol. The van der Waals surface area contributed by atoms with Gasteiger partial charge in [0, 0.05) is 18.6 Å². The van der Waals surface area contributed by atoms with Crippen LogP contribution < -0.4 is 0 Å². The highest BCUT2D eigenvalue weighted by Gasteiger charge is 2.08. The fraction of sp³-hybridized carbons (Fsp3) is 0.182. The van der Waals surface area contributed by atoms with Gasteiger partial charge in [0.05, 0.1) is 12.2 Å². The molecule has 0 unspecified atom stereocenters. The van der Waals surface area contributed by atoms with Crippen LogP contribution in [-0.4, -0.2) is 27.3 Å². The minimum absolute atomic E-state index is 0.349. The van der Waals surface area contributed by atoms with Crippen molar-refractivity contribution in [3.63, 3.8) is 0 Å². The molecule has 0 N–H and O–H groups in total. The normalized spacial score (nSPS) is 10.1. The Labute approximate surface area is 92.7 Å². The third-order valence-electron chi connectivity index (χ3n) is 2.00. The van der Waals surface area contributed by atoms with Crippen molar-refractivity contribution in [3.05, 3.63) is 42.4 Å². The minimum atomic E-state index is -0.349. The fourth-order valence-electron chi connectivity index (χ4n) is 1.29. The molecule has 2 aromatic heterocycles. The van der Waals surface area contributed by atoms with E-state index in [1.54, 1.807) is 48.4 Å². The Morgan fingerprint density at radius 3 is 3.06 bits per heavy atom. The van der Waals surface area contributed by atoms with Crippen LogP contribution in [0.1, 0.15) is 17.3 Å². The summed E-state index contributed by atoms with van der Waals surface area (Å²) in [6.45, 7) is 2.13. The number of aromatic nitrogens is 3. The zero-order valence-corrected chi connectivity index (χ0v) is 8.83. The van der Waals surface area contributed by atoms with E-state index in [2.05, 4.69) is 10.1 Å². The summed E-state index contributed by atoms with van der Waals surface area (Å²) in [4.78, 5) is 15.6. The second-order valence-electron chi connectivity index (χ2n) is 3.07. The van der Waals surface area contributed by atoms with Crippen molar-refractivity contribution in [1.82, 2.24) is 14.8 Å². The van der Waals surface area contributed by atoms with Gasteiger partial charge >= 0.3 is 5.97 Å². The van der Waals surface area contributed by atoms with Gasteiger partial charge in [-0.1, -0.05) is 0 Å². The molecule has 0 aromatic carbocycles. The molecule has 2 rings (SSSR count). The minimum Gasteiger partial charge on any atom is -0.462 e. The van der Waals surface area contributed by atoms with Crippen LogP contribution in [0.4, 0.5) is 0 Å². The van der Waals surface area contributed by atoms with Crippen LogP contribution in [0, 0.1) is 0 Å². The molecule has 0 fully saturated rings. The number of esters is 1. The van der Waals surface area contributed by atoms with Crippen LogP contribution >= 0.6 is 0 Å². The Hall–Kier alpha value is -2.17. The number of carbonyl (C=O) groups is 1. The second-order valence-corrected chi connectivity index (χ2v) is 3.07. The maximum atomic E-state index is 11.5. The number of carbonyl (C=O) groups excluding carboxylic acids is 1. The van der Waals surface area contributed by atoms with Gasteiger partial charge in [-0.25, -0.2) is 14.5 Å². The summed E-state index contributed by atoms with van der Waals surface area (Å²) >= 11 is 0. The molecule has 0 aliphatic heterocycles. The SMILES string of the molecule is CCOC(=O)c1ccnc(-n2cccn2)c1. The van der Waals surface area contributed by atoms with Crippen LogP contribution in [0.2, 0.25) is 0 Å². The summed E-state index contributed by atoms with van der Waals surface area (Å²) in [6, 6.07) is 5.05. The van der Waals surface area contributed by atoms with Crippen molar-refractivity contribution in [2.75, 3.05) is 6.61 Å². The highest BCUT2D eigenvalue weighted by atomic mass is 16.5. The maximum Gasteiger partial charge on any atom is 0.338 e. The Kier molecular flexibility index (Phi) is 2.95. The molecule has 5 nitrogen and oxygen atoms in total. The van der Waals surface area contributed by atoms with Gasteiger partial charge in [-0.05, 0) is 25.1 Å². The van der Waals surface area contributed by atoms with Crippen LogP contribution in [0.5, 0.6) is 0 Å². The lowest BCUT2D eigenvalue weighted by molar-refractivity contribution is 0.0526.